The molecule has 2 aromatic heterocycles. The van der Waals surface area contributed by atoms with Crippen LogP contribution in [0.4, 0.5) is 5.69 Å². The molecule has 2 unspecified atom stereocenters. The molecule has 1 aliphatic heterocycles. The summed E-state index contributed by atoms with van der Waals surface area (Å²) < 4.78 is 8.46. The van der Waals surface area contributed by atoms with E-state index in [4.69, 9.17) is 21.9 Å². The van der Waals surface area contributed by atoms with E-state index in [0.29, 0.717) is 5.11 Å². The Bertz CT molecular complexity index is 1560. The number of nitrogens with zero attached hydrogens (tertiary/aromatic N) is 3. The van der Waals surface area contributed by atoms with Crippen LogP contribution < -0.4 is 15.0 Å². The number of pyridine rings is 1. The van der Waals surface area contributed by atoms with Crippen molar-refractivity contribution in [2.24, 2.45) is 0 Å². The molecule has 188 valence electrons. The standard InChI is InChI=1S/C32H28N4OS/c1-22-10-6-7-14-29(22)37-26-18-16-25(17-19-26)36-31(30(34-32(36)38)27-13-8-9-21-33-27)28-20-15-23(2)35(28)24-11-4-3-5-12-24/h3-21,30-31H,1-2H3,(H,34,38). The van der Waals surface area contributed by atoms with Crippen molar-refractivity contribution in [3.05, 3.63) is 138 Å². The number of benzene rings is 3. The fourth-order valence-corrected chi connectivity index (χ4v) is 5.47. The Labute approximate surface area is 228 Å². The first-order valence-electron chi connectivity index (χ1n) is 12.7. The number of hydrogen-bond acceptors (Lipinski definition) is 3. The van der Waals surface area contributed by atoms with Crippen molar-refractivity contribution in [3.63, 3.8) is 0 Å². The molecule has 0 bridgehead atoms. The van der Waals surface area contributed by atoms with Crippen molar-refractivity contribution >= 4 is 23.0 Å². The average molecular weight is 517 g/mol. The molecule has 0 aliphatic carbocycles. The minimum atomic E-state index is -0.122. The van der Waals surface area contributed by atoms with Crippen LogP contribution in [-0.2, 0) is 0 Å². The van der Waals surface area contributed by atoms with E-state index < -0.39 is 0 Å². The molecule has 5 aromatic rings. The average Bonchev–Trinajstić information content (AvgIpc) is 3.50. The van der Waals surface area contributed by atoms with Crippen LogP contribution in [0.5, 0.6) is 11.5 Å². The molecule has 0 spiro atoms. The van der Waals surface area contributed by atoms with Gasteiger partial charge in [0.1, 0.15) is 17.5 Å². The van der Waals surface area contributed by atoms with E-state index in [-0.39, 0.29) is 12.1 Å². The van der Waals surface area contributed by atoms with Crippen LogP contribution in [0.25, 0.3) is 5.69 Å². The van der Waals surface area contributed by atoms with Gasteiger partial charge in [-0.05, 0) is 98.4 Å². The smallest absolute Gasteiger partial charge is 0.174 e. The molecule has 38 heavy (non-hydrogen) atoms. The molecule has 3 heterocycles. The van der Waals surface area contributed by atoms with Gasteiger partial charge in [0.05, 0.1) is 11.7 Å². The van der Waals surface area contributed by atoms with Gasteiger partial charge in [-0.1, -0.05) is 42.5 Å². The largest absolute Gasteiger partial charge is 0.457 e. The highest BCUT2D eigenvalue weighted by Crippen LogP contribution is 2.43. The second-order valence-electron chi connectivity index (χ2n) is 9.43. The third-order valence-corrected chi connectivity index (χ3v) is 7.27. The molecule has 1 saturated heterocycles. The van der Waals surface area contributed by atoms with Gasteiger partial charge in [-0.3, -0.25) is 4.98 Å². The van der Waals surface area contributed by atoms with Gasteiger partial charge in [-0.15, -0.1) is 0 Å². The third kappa shape index (κ3) is 4.44. The Morgan fingerprint density at radius 2 is 1.50 bits per heavy atom. The summed E-state index contributed by atoms with van der Waals surface area (Å²) in [6, 6.07) is 36.7. The number of ether oxygens (including phenoxy) is 1. The van der Waals surface area contributed by atoms with Crippen molar-refractivity contribution < 1.29 is 4.74 Å². The van der Waals surface area contributed by atoms with Gasteiger partial charge >= 0.3 is 0 Å². The lowest BCUT2D eigenvalue weighted by molar-refractivity contribution is 0.479. The number of anilines is 1. The van der Waals surface area contributed by atoms with E-state index in [1.807, 2.05) is 67.7 Å². The summed E-state index contributed by atoms with van der Waals surface area (Å²) in [5.74, 6) is 1.63. The summed E-state index contributed by atoms with van der Waals surface area (Å²) in [6.07, 6.45) is 1.83. The van der Waals surface area contributed by atoms with E-state index in [2.05, 4.69) is 76.3 Å². The van der Waals surface area contributed by atoms with Crippen LogP contribution >= 0.6 is 12.2 Å². The molecule has 1 N–H and O–H groups in total. The molecule has 0 amide bonds. The predicted octanol–water partition coefficient (Wildman–Crippen LogP) is 7.46. The minimum Gasteiger partial charge on any atom is -0.457 e. The number of nitrogens with one attached hydrogen (secondary N) is 1. The molecule has 2 atom stereocenters. The maximum atomic E-state index is 6.15. The molecular formula is C32H28N4OS. The number of hydrogen-bond donors (Lipinski definition) is 1. The van der Waals surface area contributed by atoms with Gasteiger partial charge < -0.3 is 19.5 Å². The number of rotatable bonds is 6. The fourth-order valence-electron chi connectivity index (χ4n) is 5.13. The first-order valence-corrected chi connectivity index (χ1v) is 13.1. The van der Waals surface area contributed by atoms with Crippen molar-refractivity contribution in [2.75, 3.05) is 4.90 Å². The summed E-state index contributed by atoms with van der Waals surface area (Å²) in [4.78, 5) is 6.89. The van der Waals surface area contributed by atoms with Gasteiger partial charge in [-0.25, -0.2) is 0 Å². The Morgan fingerprint density at radius 3 is 2.24 bits per heavy atom. The maximum absolute atomic E-state index is 6.15. The van der Waals surface area contributed by atoms with Gasteiger partial charge in [0, 0.05) is 29.0 Å². The van der Waals surface area contributed by atoms with Gasteiger partial charge in [0.2, 0.25) is 0 Å². The molecule has 3 aromatic carbocycles. The van der Waals surface area contributed by atoms with E-state index in [1.165, 1.54) is 0 Å². The van der Waals surface area contributed by atoms with E-state index in [0.717, 1.165) is 45.5 Å². The fraction of sp³-hybridized carbons (Fsp3) is 0.125. The molecule has 0 radical (unpaired) electrons. The van der Waals surface area contributed by atoms with Crippen LogP contribution in [0.2, 0.25) is 0 Å². The number of aryl methyl sites for hydroxylation is 2. The van der Waals surface area contributed by atoms with Crippen LogP contribution in [0, 0.1) is 13.8 Å². The van der Waals surface area contributed by atoms with Crippen molar-refractivity contribution in [3.8, 4) is 17.2 Å². The minimum absolute atomic E-state index is 0.116. The Hall–Kier alpha value is -4.42. The highest BCUT2D eigenvalue weighted by atomic mass is 32.1. The summed E-state index contributed by atoms with van der Waals surface area (Å²) in [5, 5.41) is 4.23. The lowest BCUT2D eigenvalue weighted by atomic mass is 10.0. The lowest BCUT2D eigenvalue weighted by Gasteiger charge is -2.29. The second-order valence-corrected chi connectivity index (χ2v) is 9.82. The van der Waals surface area contributed by atoms with Crippen molar-refractivity contribution in [1.29, 1.82) is 0 Å². The highest BCUT2D eigenvalue weighted by Gasteiger charge is 2.42. The molecule has 6 heteroatoms. The lowest BCUT2D eigenvalue weighted by Crippen LogP contribution is -2.30. The number of thiocarbonyl (C=S) groups is 1. The Morgan fingerprint density at radius 1 is 0.763 bits per heavy atom. The molecule has 1 fully saturated rings. The zero-order valence-electron chi connectivity index (χ0n) is 21.3. The molecular weight excluding hydrogens is 488 g/mol. The summed E-state index contributed by atoms with van der Waals surface area (Å²) >= 11 is 5.94. The quantitative estimate of drug-likeness (QED) is 0.237. The van der Waals surface area contributed by atoms with Gasteiger partial charge in [0.15, 0.2) is 5.11 Å². The molecule has 1 aliphatic rings. The first-order chi connectivity index (χ1) is 18.6. The zero-order valence-corrected chi connectivity index (χ0v) is 22.1. The Kier molecular flexibility index (Phi) is 6.40. The predicted molar refractivity (Wildman–Crippen MR) is 156 cm³/mol. The summed E-state index contributed by atoms with van der Waals surface area (Å²) in [5.41, 5.74) is 6.44. The number of para-hydroxylation sites is 2. The van der Waals surface area contributed by atoms with Crippen molar-refractivity contribution in [1.82, 2.24) is 14.9 Å². The second kappa shape index (κ2) is 10.1. The first kappa shape index (κ1) is 23.9. The molecule has 0 saturated carbocycles. The number of aromatic nitrogens is 2. The van der Waals surface area contributed by atoms with Gasteiger partial charge in [-0.2, -0.15) is 0 Å². The zero-order chi connectivity index (χ0) is 26.1. The van der Waals surface area contributed by atoms with Gasteiger partial charge in [0.25, 0.3) is 0 Å². The van der Waals surface area contributed by atoms with Crippen molar-refractivity contribution in [2.45, 2.75) is 25.9 Å². The maximum Gasteiger partial charge on any atom is 0.174 e. The highest BCUT2D eigenvalue weighted by molar-refractivity contribution is 7.80. The van der Waals surface area contributed by atoms with E-state index in [1.54, 1.807) is 0 Å². The SMILES string of the molecule is Cc1ccccc1Oc1ccc(N2C(=S)NC(c3ccccn3)C2c2ccc(C)n2-c2ccccc2)cc1. The van der Waals surface area contributed by atoms with Crippen LogP contribution in [0.1, 0.15) is 34.7 Å². The van der Waals surface area contributed by atoms with Crippen LogP contribution in [0.3, 0.4) is 0 Å². The summed E-state index contributed by atoms with van der Waals surface area (Å²) in [7, 11) is 0. The summed E-state index contributed by atoms with van der Waals surface area (Å²) in [6.45, 7) is 4.18. The third-order valence-electron chi connectivity index (χ3n) is 6.96. The van der Waals surface area contributed by atoms with Crippen LogP contribution in [0.15, 0.2) is 115 Å². The molecule has 6 rings (SSSR count). The monoisotopic (exact) mass is 516 g/mol. The normalized spacial score (nSPS) is 16.9. The Balaban J connectivity index is 1.42. The van der Waals surface area contributed by atoms with Crippen LogP contribution in [-0.4, -0.2) is 14.7 Å². The topological polar surface area (TPSA) is 42.3 Å². The van der Waals surface area contributed by atoms with E-state index in [9.17, 15) is 0 Å². The van der Waals surface area contributed by atoms with E-state index >= 15 is 0 Å². The molecule has 5 nitrogen and oxygen atoms in total.